The van der Waals surface area contributed by atoms with Crippen molar-refractivity contribution in [2.75, 3.05) is 30.3 Å². The summed E-state index contributed by atoms with van der Waals surface area (Å²) in [5.41, 5.74) is 0. The van der Waals surface area contributed by atoms with Gasteiger partial charge in [-0.1, -0.05) is 0 Å². The molecule has 110 valence electrons. The molecule has 3 unspecified atom stereocenters. The topological polar surface area (TPSA) is 74.7 Å². The third kappa shape index (κ3) is 4.10. The number of amides is 1. The van der Waals surface area contributed by atoms with Gasteiger partial charge < -0.3 is 10.0 Å². The summed E-state index contributed by atoms with van der Waals surface area (Å²) in [5, 5.41) is 9.58. The van der Waals surface area contributed by atoms with E-state index in [9.17, 15) is 18.3 Å². The van der Waals surface area contributed by atoms with E-state index in [1.54, 1.807) is 11.8 Å². The molecule has 2 aliphatic rings. The first-order chi connectivity index (χ1) is 8.87. The molecule has 19 heavy (non-hydrogen) atoms. The van der Waals surface area contributed by atoms with Crippen LogP contribution in [0.2, 0.25) is 0 Å². The fraction of sp³-hybridized carbons (Fsp3) is 0.917. The third-order valence-electron chi connectivity index (χ3n) is 3.89. The molecular formula is C12H21NO4S2. The van der Waals surface area contributed by atoms with E-state index in [1.807, 2.05) is 0 Å². The van der Waals surface area contributed by atoms with Gasteiger partial charge in [-0.3, -0.25) is 4.79 Å². The van der Waals surface area contributed by atoms with Gasteiger partial charge in [0.05, 0.1) is 23.4 Å². The normalized spacial score (nSPS) is 31.6. The zero-order chi connectivity index (χ0) is 14.0. The molecule has 0 saturated carbocycles. The first-order valence-corrected chi connectivity index (χ1v) is 9.52. The Bertz CT molecular complexity index is 435. The molecule has 1 amide bonds. The highest BCUT2D eigenvalue weighted by Gasteiger charge is 2.31. The highest BCUT2D eigenvalue weighted by molar-refractivity contribution is 8.02. The van der Waals surface area contributed by atoms with Crippen LogP contribution in [0.3, 0.4) is 0 Å². The number of likely N-dealkylation sites (tertiary alicyclic amines) is 1. The largest absolute Gasteiger partial charge is 0.393 e. The van der Waals surface area contributed by atoms with Crippen LogP contribution in [0.25, 0.3) is 0 Å². The molecule has 2 saturated heterocycles. The van der Waals surface area contributed by atoms with Crippen molar-refractivity contribution in [2.24, 2.45) is 5.92 Å². The number of aliphatic hydroxyl groups is 1. The van der Waals surface area contributed by atoms with E-state index in [4.69, 9.17) is 0 Å². The van der Waals surface area contributed by atoms with Crippen LogP contribution in [0.1, 0.15) is 19.8 Å². The Kier molecular flexibility index (Phi) is 4.79. The molecule has 0 aromatic heterocycles. The van der Waals surface area contributed by atoms with Gasteiger partial charge in [-0.25, -0.2) is 8.42 Å². The summed E-state index contributed by atoms with van der Waals surface area (Å²) >= 11 is 1.46. The van der Waals surface area contributed by atoms with E-state index in [2.05, 4.69) is 0 Å². The minimum atomic E-state index is -2.86. The highest BCUT2D eigenvalue weighted by Crippen LogP contribution is 2.26. The molecule has 0 spiro atoms. The molecule has 2 rings (SSSR count). The Hall–Kier alpha value is -0.270. The summed E-state index contributed by atoms with van der Waals surface area (Å²) in [6.07, 6.45) is 1.15. The van der Waals surface area contributed by atoms with E-state index >= 15 is 0 Å². The maximum atomic E-state index is 12.0. The van der Waals surface area contributed by atoms with Crippen molar-refractivity contribution in [1.82, 2.24) is 4.90 Å². The second kappa shape index (κ2) is 6.01. The summed E-state index contributed by atoms with van der Waals surface area (Å²) in [6, 6.07) is 0. The van der Waals surface area contributed by atoms with Crippen LogP contribution in [0.5, 0.6) is 0 Å². The van der Waals surface area contributed by atoms with Gasteiger partial charge in [0.15, 0.2) is 9.84 Å². The number of sulfone groups is 1. The third-order valence-corrected chi connectivity index (χ3v) is 7.16. The van der Waals surface area contributed by atoms with Crippen LogP contribution in [-0.4, -0.2) is 66.0 Å². The Labute approximate surface area is 118 Å². The average Bonchev–Trinajstić information content (AvgIpc) is 2.92. The van der Waals surface area contributed by atoms with Crippen molar-refractivity contribution >= 4 is 27.5 Å². The molecule has 2 aliphatic heterocycles. The summed E-state index contributed by atoms with van der Waals surface area (Å²) in [7, 11) is -2.86. The lowest BCUT2D eigenvalue weighted by atomic mass is 10.0. The van der Waals surface area contributed by atoms with Crippen LogP contribution in [0.4, 0.5) is 0 Å². The van der Waals surface area contributed by atoms with Crippen LogP contribution in [0, 0.1) is 5.92 Å². The van der Waals surface area contributed by atoms with E-state index in [1.165, 1.54) is 11.8 Å². The van der Waals surface area contributed by atoms with Gasteiger partial charge in [0.1, 0.15) is 0 Å². The number of aliphatic hydroxyl groups excluding tert-OH is 1. The summed E-state index contributed by atoms with van der Waals surface area (Å²) < 4.78 is 22.6. The fourth-order valence-electron chi connectivity index (χ4n) is 2.58. The SMILES string of the molecule is CC(O)C1CCN(C(=O)CSC2CCS(=O)(=O)C2)C1. The van der Waals surface area contributed by atoms with Crippen molar-refractivity contribution in [1.29, 1.82) is 0 Å². The van der Waals surface area contributed by atoms with Gasteiger partial charge >= 0.3 is 0 Å². The quantitative estimate of drug-likeness (QED) is 0.799. The van der Waals surface area contributed by atoms with Crippen LogP contribution in [-0.2, 0) is 14.6 Å². The molecule has 7 heteroatoms. The lowest BCUT2D eigenvalue weighted by Gasteiger charge is -2.18. The van der Waals surface area contributed by atoms with Crippen LogP contribution in [0.15, 0.2) is 0 Å². The fourth-order valence-corrected chi connectivity index (χ4v) is 6.13. The minimum absolute atomic E-state index is 0.0671. The van der Waals surface area contributed by atoms with E-state index in [0.29, 0.717) is 25.3 Å². The van der Waals surface area contributed by atoms with Crippen molar-refractivity contribution in [3.8, 4) is 0 Å². The van der Waals surface area contributed by atoms with Gasteiger partial charge in [0, 0.05) is 24.3 Å². The van der Waals surface area contributed by atoms with E-state index in [0.717, 1.165) is 6.42 Å². The second-order valence-corrected chi connectivity index (χ2v) is 8.98. The summed E-state index contributed by atoms with van der Waals surface area (Å²) in [6.45, 7) is 3.09. The van der Waals surface area contributed by atoms with E-state index < -0.39 is 9.84 Å². The standard InChI is InChI=1S/C12H21NO4S2/c1-9(14)10-2-4-13(6-10)12(15)7-18-11-3-5-19(16,17)8-11/h9-11,14H,2-8H2,1H3. The van der Waals surface area contributed by atoms with Crippen molar-refractivity contribution < 1.29 is 18.3 Å². The lowest BCUT2D eigenvalue weighted by Crippen LogP contribution is -2.32. The summed E-state index contributed by atoms with van der Waals surface area (Å²) in [4.78, 5) is 13.8. The number of thioether (sulfide) groups is 1. The van der Waals surface area contributed by atoms with Crippen LogP contribution < -0.4 is 0 Å². The van der Waals surface area contributed by atoms with Gasteiger partial charge in [0.25, 0.3) is 0 Å². The molecule has 2 heterocycles. The van der Waals surface area contributed by atoms with Gasteiger partial charge in [-0.2, -0.15) is 0 Å². The molecule has 3 atom stereocenters. The number of nitrogens with zero attached hydrogens (tertiary/aromatic N) is 1. The van der Waals surface area contributed by atoms with Crippen molar-refractivity contribution in [3.63, 3.8) is 0 Å². The maximum absolute atomic E-state index is 12.0. The molecule has 0 radical (unpaired) electrons. The molecule has 0 aromatic carbocycles. The minimum Gasteiger partial charge on any atom is -0.393 e. The molecule has 5 nitrogen and oxygen atoms in total. The van der Waals surface area contributed by atoms with E-state index in [-0.39, 0.29) is 34.7 Å². The second-order valence-electron chi connectivity index (χ2n) is 5.47. The number of hydrogen-bond donors (Lipinski definition) is 1. The van der Waals surface area contributed by atoms with Gasteiger partial charge in [-0.05, 0) is 19.8 Å². The Morgan fingerprint density at radius 1 is 1.47 bits per heavy atom. The Morgan fingerprint density at radius 3 is 2.74 bits per heavy atom. The molecular weight excluding hydrogens is 286 g/mol. The lowest BCUT2D eigenvalue weighted by molar-refractivity contribution is -0.127. The number of carbonyl (C=O) groups excluding carboxylic acids is 1. The van der Waals surface area contributed by atoms with Crippen molar-refractivity contribution in [2.45, 2.75) is 31.1 Å². The number of rotatable bonds is 4. The molecule has 0 bridgehead atoms. The molecule has 2 fully saturated rings. The molecule has 0 aliphatic carbocycles. The zero-order valence-electron chi connectivity index (χ0n) is 11.1. The smallest absolute Gasteiger partial charge is 0.232 e. The first-order valence-electron chi connectivity index (χ1n) is 6.65. The van der Waals surface area contributed by atoms with Crippen LogP contribution >= 0.6 is 11.8 Å². The monoisotopic (exact) mass is 307 g/mol. The number of carbonyl (C=O) groups is 1. The molecule has 0 aromatic rings. The average molecular weight is 307 g/mol. The van der Waals surface area contributed by atoms with Gasteiger partial charge in [0.2, 0.25) is 5.91 Å². The Balaban J connectivity index is 1.74. The molecule has 1 N–H and O–H groups in total. The highest BCUT2D eigenvalue weighted by atomic mass is 32.2. The zero-order valence-corrected chi connectivity index (χ0v) is 12.8. The summed E-state index contributed by atoms with van der Waals surface area (Å²) in [5.74, 6) is 1.07. The van der Waals surface area contributed by atoms with Gasteiger partial charge in [-0.15, -0.1) is 11.8 Å². The number of hydrogen-bond acceptors (Lipinski definition) is 5. The predicted octanol–water partition coefficient (Wildman–Crippen LogP) is 0.136. The first kappa shape index (κ1) is 15.1. The maximum Gasteiger partial charge on any atom is 0.232 e. The predicted molar refractivity (Wildman–Crippen MR) is 75.9 cm³/mol. The Morgan fingerprint density at radius 2 is 2.21 bits per heavy atom. The van der Waals surface area contributed by atoms with Crippen molar-refractivity contribution in [3.05, 3.63) is 0 Å².